The number of hydrogen-bond acceptors (Lipinski definition) is 1. The van der Waals surface area contributed by atoms with Gasteiger partial charge in [-0.15, -0.1) is 0 Å². The second-order valence-corrected chi connectivity index (χ2v) is 13.5. The van der Waals surface area contributed by atoms with Crippen LogP contribution in [-0.2, 0) is 0 Å². The van der Waals surface area contributed by atoms with Crippen molar-refractivity contribution < 1.29 is 5.11 Å². The first-order chi connectivity index (χ1) is 10.8. The lowest BCUT2D eigenvalue weighted by molar-refractivity contribution is 0.252. The molecule has 0 bridgehead atoms. The average Bonchev–Trinajstić information content (AvgIpc) is 2.56. The first kappa shape index (κ1) is 18.4. The number of alkyl halides is 1. The predicted octanol–water partition coefficient (Wildman–Crippen LogP) is 4.20. The highest BCUT2D eigenvalue weighted by atomic mass is 79.9. The number of rotatable bonds is 5. The zero-order valence-electron chi connectivity index (χ0n) is 14.5. The molecule has 0 spiro atoms. The maximum absolute atomic E-state index is 10.4. The zero-order valence-corrected chi connectivity index (χ0v) is 17.1. The molecular weight excluding hydrogens is 364 g/mol. The Labute approximate surface area is 149 Å². The van der Waals surface area contributed by atoms with Gasteiger partial charge in [-0.05, 0) is 5.04 Å². The molecular formula is C20H27BrOSi. The highest BCUT2D eigenvalue weighted by molar-refractivity contribution is 9.09. The molecule has 1 unspecified atom stereocenters. The lowest BCUT2D eigenvalue weighted by Gasteiger charge is -2.54. The first-order valence-electron chi connectivity index (χ1n) is 8.11. The van der Waals surface area contributed by atoms with Crippen LogP contribution < -0.4 is 10.4 Å². The summed E-state index contributed by atoms with van der Waals surface area (Å²) in [6.07, 6.45) is 0. The number of aliphatic hydroxyl groups excluding tert-OH is 1. The maximum Gasteiger partial charge on any atom is 0.132 e. The third-order valence-electron chi connectivity index (χ3n) is 5.09. The Bertz CT molecular complexity index is 576. The summed E-state index contributed by atoms with van der Waals surface area (Å²) in [4.78, 5) is 0. The highest BCUT2D eigenvalue weighted by Gasteiger charge is 2.58. The van der Waals surface area contributed by atoms with Crippen molar-refractivity contribution in [2.24, 2.45) is 0 Å². The topological polar surface area (TPSA) is 20.2 Å². The minimum Gasteiger partial charge on any atom is -0.396 e. The van der Waals surface area contributed by atoms with Crippen LogP contribution in [0.25, 0.3) is 0 Å². The molecule has 0 aliphatic carbocycles. The fourth-order valence-corrected chi connectivity index (χ4v) is 12.8. The molecule has 3 heteroatoms. The molecule has 0 aromatic heterocycles. The molecule has 2 aromatic rings. The second kappa shape index (κ2) is 6.92. The lowest BCUT2D eigenvalue weighted by Crippen LogP contribution is -2.72. The van der Waals surface area contributed by atoms with Crippen LogP contribution in [0.3, 0.4) is 0 Å². The van der Waals surface area contributed by atoms with E-state index in [-0.39, 0.29) is 16.7 Å². The summed E-state index contributed by atoms with van der Waals surface area (Å²) >= 11 is 3.73. The van der Waals surface area contributed by atoms with Crippen molar-refractivity contribution in [3.05, 3.63) is 60.7 Å². The fourth-order valence-electron chi connectivity index (χ4n) is 4.27. The molecule has 1 N–H and O–H groups in total. The van der Waals surface area contributed by atoms with Gasteiger partial charge < -0.3 is 5.11 Å². The van der Waals surface area contributed by atoms with Gasteiger partial charge in [0.05, 0.1) is 0 Å². The molecule has 1 nitrogen and oxygen atoms in total. The van der Waals surface area contributed by atoms with Crippen LogP contribution in [0.1, 0.15) is 27.7 Å². The lowest BCUT2D eigenvalue weighted by atomic mass is 10.2. The van der Waals surface area contributed by atoms with Crippen LogP contribution in [0.5, 0.6) is 0 Å². The molecule has 2 aromatic carbocycles. The van der Waals surface area contributed by atoms with E-state index in [2.05, 4.69) is 104 Å². The van der Waals surface area contributed by atoms with Crippen molar-refractivity contribution in [3.8, 4) is 0 Å². The van der Waals surface area contributed by atoms with E-state index in [4.69, 9.17) is 0 Å². The minimum absolute atomic E-state index is 0.0565. The zero-order chi connectivity index (χ0) is 17.1. The Morgan fingerprint density at radius 2 is 1.22 bits per heavy atom. The van der Waals surface area contributed by atoms with Crippen LogP contribution in [0, 0.1) is 0 Å². The first-order valence-corrected chi connectivity index (χ1v) is 11.2. The summed E-state index contributed by atoms with van der Waals surface area (Å²) < 4.78 is 0. The Hall–Kier alpha value is -0.903. The van der Waals surface area contributed by atoms with Crippen molar-refractivity contribution in [2.45, 2.75) is 37.8 Å². The molecule has 0 radical (unpaired) electrons. The van der Waals surface area contributed by atoms with Gasteiger partial charge in [0.25, 0.3) is 0 Å². The van der Waals surface area contributed by atoms with Crippen molar-refractivity contribution in [1.29, 1.82) is 0 Å². The van der Waals surface area contributed by atoms with Gasteiger partial charge in [-0.25, -0.2) is 0 Å². The van der Waals surface area contributed by atoms with E-state index in [9.17, 15) is 5.11 Å². The van der Waals surface area contributed by atoms with Crippen LogP contribution in [0.4, 0.5) is 0 Å². The summed E-state index contributed by atoms with van der Waals surface area (Å²) in [5.74, 6) is 0. The Morgan fingerprint density at radius 3 is 1.48 bits per heavy atom. The maximum atomic E-state index is 10.4. The van der Waals surface area contributed by atoms with Gasteiger partial charge >= 0.3 is 0 Å². The number of benzene rings is 2. The van der Waals surface area contributed by atoms with E-state index in [0.29, 0.717) is 0 Å². The molecule has 0 saturated carbocycles. The van der Waals surface area contributed by atoms with Gasteiger partial charge in [-0.1, -0.05) is 115 Å². The molecule has 0 saturated heterocycles. The molecule has 124 valence electrons. The van der Waals surface area contributed by atoms with E-state index >= 15 is 0 Å². The highest BCUT2D eigenvalue weighted by Crippen LogP contribution is 2.51. The van der Waals surface area contributed by atoms with E-state index in [1.807, 2.05) is 0 Å². The number of aliphatic hydroxyl groups is 1. The molecule has 2 rings (SSSR count). The van der Waals surface area contributed by atoms with Crippen molar-refractivity contribution in [3.63, 3.8) is 0 Å². The molecule has 0 amide bonds. The summed E-state index contributed by atoms with van der Waals surface area (Å²) in [5, 5.41) is 13.8. The monoisotopic (exact) mass is 390 g/mol. The Morgan fingerprint density at radius 1 is 0.826 bits per heavy atom. The summed E-state index contributed by atoms with van der Waals surface area (Å²) in [6, 6.07) is 21.6. The minimum atomic E-state index is -2.30. The average molecular weight is 391 g/mol. The summed E-state index contributed by atoms with van der Waals surface area (Å²) in [5.41, 5.74) is 0. The molecule has 0 heterocycles. The van der Waals surface area contributed by atoms with Gasteiger partial charge in [0, 0.05) is 17.0 Å². The fraction of sp³-hybridized carbons (Fsp3) is 0.400. The van der Waals surface area contributed by atoms with E-state index < -0.39 is 8.07 Å². The number of halogens is 1. The molecule has 0 fully saturated rings. The largest absolute Gasteiger partial charge is 0.396 e. The van der Waals surface area contributed by atoms with Gasteiger partial charge in [0.1, 0.15) is 8.07 Å². The van der Waals surface area contributed by atoms with Gasteiger partial charge in [0.15, 0.2) is 0 Å². The third-order valence-corrected chi connectivity index (χ3v) is 13.6. The van der Waals surface area contributed by atoms with Gasteiger partial charge in [-0.3, -0.25) is 0 Å². The standard InChI is InChI=1S/C20H27BrOSi/c1-19(2,3)23(20(4,15-21)16-22,17-11-7-5-8-12-17)18-13-9-6-10-14-18/h5-14,22H,15-16H2,1-4H3. The van der Waals surface area contributed by atoms with Crippen molar-refractivity contribution >= 4 is 34.4 Å². The van der Waals surface area contributed by atoms with E-state index in [0.717, 1.165) is 5.33 Å². The van der Waals surface area contributed by atoms with Gasteiger partial charge in [-0.2, -0.15) is 0 Å². The molecule has 23 heavy (non-hydrogen) atoms. The van der Waals surface area contributed by atoms with E-state index in [1.54, 1.807) is 0 Å². The SMILES string of the molecule is CC(C)(C)[Si](c1ccccc1)(c1ccccc1)C(C)(CO)CBr. The third kappa shape index (κ3) is 2.95. The van der Waals surface area contributed by atoms with Crippen LogP contribution in [-0.4, -0.2) is 25.1 Å². The van der Waals surface area contributed by atoms with Crippen LogP contribution >= 0.6 is 15.9 Å². The van der Waals surface area contributed by atoms with Crippen LogP contribution in [0.15, 0.2) is 60.7 Å². The second-order valence-electron chi connectivity index (χ2n) is 7.58. The normalized spacial score (nSPS) is 15.2. The summed E-state index contributed by atoms with van der Waals surface area (Å²) in [6.45, 7) is 9.39. The Balaban J connectivity index is 2.92. The smallest absolute Gasteiger partial charge is 0.132 e. The summed E-state index contributed by atoms with van der Waals surface area (Å²) in [7, 11) is -2.30. The Kier molecular flexibility index (Phi) is 5.54. The molecule has 1 atom stereocenters. The van der Waals surface area contributed by atoms with Crippen molar-refractivity contribution in [2.75, 3.05) is 11.9 Å². The van der Waals surface area contributed by atoms with E-state index in [1.165, 1.54) is 10.4 Å². The molecule has 0 aliphatic rings. The number of hydrogen-bond donors (Lipinski definition) is 1. The van der Waals surface area contributed by atoms with Crippen LogP contribution in [0.2, 0.25) is 10.1 Å². The van der Waals surface area contributed by atoms with Gasteiger partial charge in [0.2, 0.25) is 0 Å². The molecule has 0 aliphatic heterocycles. The predicted molar refractivity (Wildman–Crippen MR) is 107 cm³/mol. The van der Waals surface area contributed by atoms with Crippen molar-refractivity contribution in [1.82, 2.24) is 0 Å². The quantitative estimate of drug-likeness (QED) is 0.598.